The summed E-state index contributed by atoms with van der Waals surface area (Å²) < 4.78 is 0. The van der Waals surface area contributed by atoms with Crippen molar-refractivity contribution in [1.29, 1.82) is 0 Å². The molecule has 5 rings (SSSR count). The topological polar surface area (TPSA) is 109 Å². The van der Waals surface area contributed by atoms with Crippen LogP contribution in [0.1, 0.15) is 26.7 Å². The monoisotopic (exact) mass is 463 g/mol. The number of nitrogens with zero attached hydrogens (tertiary/aromatic N) is 4. The molecule has 0 aliphatic carbocycles. The molecule has 1 amide bonds. The number of hydrogen-bond donors (Lipinski definition) is 4. The SMILES string of the molecule is C[C@@H]1CN(c2cc(-c3n[nH]c4ccc(NC(=O)O)cc34)ccn2)C[C@H](C)N1CC1CCNCC1. The van der Waals surface area contributed by atoms with E-state index in [0.717, 1.165) is 60.1 Å². The van der Waals surface area contributed by atoms with Crippen molar-refractivity contribution >= 4 is 28.5 Å². The van der Waals surface area contributed by atoms with Crippen molar-refractivity contribution in [3.8, 4) is 11.3 Å². The van der Waals surface area contributed by atoms with Crippen LogP contribution < -0.4 is 15.5 Å². The minimum atomic E-state index is -1.09. The van der Waals surface area contributed by atoms with Crippen molar-refractivity contribution in [3.63, 3.8) is 0 Å². The second kappa shape index (κ2) is 9.60. The summed E-state index contributed by atoms with van der Waals surface area (Å²) in [6, 6.07) is 10.3. The quantitative estimate of drug-likeness (QED) is 0.458. The molecule has 2 aromatic heterocycles. The Hall–Kier alpha value is -3.17. The highest BCUT2D eigenvalue weighted by molar-refractivity contribution is 5.97. The normalized spacial score (nSPS) is 22.2. The Bertz CT molecular complexity index is 1150. The summed E-state index contributed by atoms with van der Waals surface area (Å²) in [6.07, 6.45) is 3.29. The van der Waals surface area contributed by atoms with Crippen LogP contribution in [0.25, 0.3) is 22.2 Å². The molecule has 2 saturated heterocycles. The van der Waals surface area contributed by atoms with Gasteiger partial charge in [0.05, 0.1) is 5.52 Å². The molecule has 0 radical (unpaired) electrons. The smallest absolute Gasteiger partial charge is 0.409 e. The molecule has 2 fully saturated rings. The lowest BCUT2D eigenvalue weighted by Gasteiger charge is -2.46. The number of H-pyrrole nitrogens is 1. The zero-order chi connectivity index (χ0) is 23.7. The van der Waals surface area contributed by atoms with Crippen LogP contribution in [0.15, 0.2) is 36.5 Å². The second-order valence-electron chi connectivity index (χ2n) is 9.66. The molecule has 3 aromatic rings. The van der Waals surface area contributed by atoms with Gasteiger partial charge in [-0.3, -0.25) is 15.3 Å². The van der Waals surface area contributed by atoms with Crippen LogP contribution in [0.2, 0.25) is 0 Å². The Labute approximate surface area is 199 Å². The van der Waals surface area contributed by atoms with Crippen LogP contribution in [0.3, 0.4) is 0 Å². The predicted octanol–water partition coefficient (Wildman–Crippen LogP) is 3.61. The van der Waals surface area contributed by atoms with E-state index in [-0.39, 0.29) is 0 Å². The molecule has 0 bridgehead atoms. The number of carboxylic acid groups (broad SMARTS) is 1. The van der Waals surface area contributed by atoms with Crippen LogP contribution >= 0.6 is 0 Å². The van der Waals surface area contributed by atoms with Crippen LogP contribution in [-0.4, -0.2) is 76.1 Å². The lowest BCUT2D eigenvalue weighted by atomic mass is 9.95. The Morgan fingerprint density at radius 1 is 1.15 bits per heavy atom. The van der Waals surface area contributed by atoms with Crippen molar-refractivity contribution in [2.45, 2.75) is 38.8 Å². The standard InChI is InChI=1S/C25H33N7O2/c1-16-13-31(14-17(2)32(16)15-18-5-8-26-9-6-18)23-11-19(7-10-27-23)24-21-12-20(28-25(33)34)3-4-22(21)29-30-24/h3-4,7,10-12,16-18,26,28H,5-6,8-9,13-15H2,1-2H3,(H,29,30)(H,33,34)/t16-,17+. The summed E-state index contributed by atoms with van der Waals surface area (Å²) in [5, 5.41) is 23.4. The largest absolute Gasteiger partial charge is 0.465 e. The number of nitrogens with one attached hydrogen (secondary N) is 3. The summed E-state index contributed by atoms with van der Waals surface area (Å²) in [4.78, 5) is 20.8. The van der Waals surface area contributed by atoms with Gasteiger partial charge in [0.25, 0.3) is 0 Å². The van der Waals surface area contributed by atoms with E-state index < -0.39 is 6.09 Å². The third-order valence-electron chi connectivity index (χ3n) is 7.19. The fraction of sp³-hybridized carbons (Fsp3) is 0.480. The van der Waals surface area contributed by atoms with Crippen molar-refractivity contribution in [2.24, 2.45) is 5.92 Å². The first-order chi connectivity index (χ1) is 16.5. The molecule has 34 heavy (non-hydrogen) atoms. The number of piperazine rings is 1. The van der Waals surface area contributed by atoms with Gasteiger partial charge in [0.15, 0.2) is 0 Å². The fourth-order valence-corrected chi connectivity index (χ4v) is 5.44. The van der Waals surface area contributed by atoms with E-state index in [1.165, 1.54) is 19.4 Å². The zero-order valence-corrected chi connectivity index (χ0v) is 19.8. The van der Waals surface area contributed by atoms with Crippen LogP contribution in [-0.2, 0) is 0 Å². The molecule has 9 heteroatoms. The number of rotatable bonds is 5. The highest BCUT2D eigenvalue weighted by Crippen LogP contribution is 2.31. The average Bonchev–Trinajstić information content (AvgIpc) is 3.25. The third kappa shape index (κ3) is 4.71. The maximum Gasteiger partial charge on any atom is 0.409 e. The number of amides is 1. The van der Waals surface area contributed by atoms with E-state index in [4.69, 9.17) is 10.1 Å². The number of fused-ring (bicyclic) bond motifs is 1. The van der Waals surface area contributed by atoms with E-state index >= 15 is 0 Å². The lowest BCUT2D eigenvalue weighted by molar-refractivity contribution is 0.0999. The van der Waals surface area contributed by atoms with Gasteiger partial charge < -0.3 is 15.3 Å². The van der Waals surface area contributed by atoms with Crippen molar-refractivity contribution in [3.05, 3.63) is 36.5 Å². The van der Waals surface area contributed by atoms with E-state index in [1.807, 2.05) is 24.4 Å². The summed E-state index contributed by atoms with van der Waals surface area (Å²) in [7, 11) is 0. The summed E-state index contributed by atoms with van der Waals surface area (Å²) in [6.45, 7) is 9.99. The van der Waals surface area contributed by atoms with Gasteiger partial charge in [-0.1, -0.05) is 0 Å². The number of aromatic nitrogens is 3. The van der Waals surface area contributed by atoms with E-state index in [1.54, 1.807) is 6.07 Å². The van der Waals surface area contributed by atoms with E-state index in [0.29, 0.717) is 17.8 Å². The predicted molar refractivity (Wildman–Crippen MR) is 134 cm³/mol. The Balaban J connectivity index is 1.35. The van der Waals surface area contributed by atoms with Gasteiger partial charge in [-0.2, -0.15) is 5.10 Å². The molecule has 0 spiro atoms. The van der Waals surface area contributed by atoms with Gasteiger partial charge in [-0.05, 0) is 76.0 Å². The molecule has 2 aliphatic rings. The molecule has 0 saturated carbocycles. The van der Waals surface area contributed by atoms with Crippen molar-refractivity contribution in [2.75, 3.05) is 42.9 Å². The first-order valence-electron chi connectivity index (χ1n) is 12.1. The molecule has 0 unspecified atom stereocenters. The maximum absolute atomic E-state index is 11.1. The minimum Gasteiger partial charge on any atom is -0.465 e. The maximum atomic E-state index is 11.1. The number of piperidine rings is 1. The molecule has 9 nitrogen and oxygen atoms in total. The van der Waals surface area contributed by atoms with Crippen molar-refractivity contribution < 1.29 is 9.90 Å². The summed E-state index contributed by atoms with van der Waals surface area (Å²) in [5.41, 5.74) is 3.13. The fourth-order valence-electron chi connectivity index (χ4n) is 5.44. The van der Waals surface area contributed by atoms with E-state index in [9.17, 15) is 4.79 Å². The molecule has 1 aromatic carbocycles. The van der Waals surface area contributed by atoms with Crippen LogP contribution in [0, 0.1) is 5.92 Å². The summed E-state index contributed by atoms with van der Waals surface area (Å²) >= 11 is 0. The van der Waals surface area contributed by atoms with Crippen molar-refractivity contribution in [1.82, 2.24) is 25.4 Å². The second-order valence-corrected chi connectivity index (χ2v) is 9.66. The first kappa shape index (κ1) is 22.6. The molecule has 4 N–H and O–H groups in total. The Kier molecular flexibility index (Phi) is 6.38. The van der Waals surface area contributed by atoms with Gasteiger partial charge in [0, 0.05) is 54.6 Å². The highest BCUT2D eigenvalue weighted by atomic mass is 16.4. The average molecular weight is 464 g/mol. The first-order valence-corrected chi connectivity index (χ1v) is 12.1. The lowest BCUT2D eigenvalue weighted by Crippen LogP contribution is -2.58. The van der Waals surface area contributed by atoms with Crippen LogP contribution in [0.4, 0.5) is 16.3 Å². The van der Waals surface area contributed by atoms with Gasteiger partial charge in [-0.25, -0.2) is 9.78 Å². The zero-order valence-electron chi connectivity index (χ0n) is 19.8. The number of hydrogen-bond acceptors (Lipinski definition) is 6. The van der Waals surface area contributed by atoms with Crippen LogP contribution in [0.5, 0.6) is 0 Å². The van der Waals surface area contributed by atoms with Gasteiger partial charge in [-0.15, -0.1) is 0 Å². The number of anilines is 2. The molecule has 180 valence electrons. The van der Waals surface area contributed by atoms with Gasteiger partial charge in [0.1, 0.15) is 11.5 Å². The molecular weight excluding hydrogens is 430 g/mol. The Morgan fingerprint density at radius 2 is 1.91 bits per heavy atom. The molecule has 2 atom stereocenters. The molecule has 2 aliphatic heterocycles. The molecular formula is C25H33N7O2. The number of carbonyl (C=O) groups is 1. The van der Waals surface area contributed by atoms with Gasteiger partial charge >= 0.3 is 6.09 Å². The summed E-state index contributed by atoms with van der Waals surface area (Å²) in [5.74, 6) is 1.74. The van der Waals surface area contributed by atoms with E-state index in [2.05, 4.69) is 50.5 Å². The third-order valence-corrected chi connectivity index (χ3v) is 7.19. The number of benzene rings is 1. The molecule has 4 heterocycles. The van der Waals surface area contributed by atoms with Gasteiger partial charge in [0.2, 0.25) is 0 Å². The highest BCUT2D eigenvalue weighted by Gasteiger charge is 2.32. The number of aromatic amines is 1. The Morgan fingerprint density at radius 3 is 2.65 bits per heavy atom. The number of pyridine rings is 1. The minimum absolute atomic E-state index is 0.458.